The van der Waals surface area contributed by atoms with E-state index in [2.05, 4.69) is 10.2 Å². The van der Waals surface area contributed by atoms with Crippen molar-refractivity contribution in [3.05, 3.63) is 78.4 Å². The van der Waals surface area contributed by atoms with Crippen LogP contribution in [0, 0.1) is 5.92 Å². The maximum Gasteiger partial charge on any atom is 0.261 e. The monoisotopic (exact) mass is 466 g/mol. The Balaban J connectivity index is 1.52. The number of hydrogen-bond acceptors (Lipinski definition) is 5. The Kier molecular flexibility index (Phi) is 6.78. The van der Waals surface area contributed by atoms with Crippen LogP contribution in [0.2, 0.25) is 0 Å². The quantitative estimate of drug-likeness (QED) is 0.353. The minimum Gasteiger partial charge on any atom is -0.456 e. The molecule has 2 unspecified atom stereocenters. The summed E-state index contributed by atoms with van der Waals surface area (Å²) in [6.45, 7) is 3.88. The number of furan rings is 1. The van der Waals surface area contributed by atoms with E-state index >= 15 is 0 Å². The summed E-state index contributed by atoms with van der Waals surface area (Å²) >= 11 is 0. The highest BCUT2D eigenvalue weighted by Gasteiger charge is 2.30. The number of hydroxylamine groups is 1. The molecule has 7 nitrogen and oxygen atoms in total. The third-order valence-electron chi connectivity index (χ3n) is 5.69. The fraction of sp³-hybridized carbons (Fsp3) is 0.240. The lowest BCUT2D eigenvalue weighted by atomic mass is 10.00. The van der Waals surface area contributed by atoms with Crippen molar-refractivity contribution >= 4 is 37.9 Å². The Morgan fingerprint density at radius 2 is 1.67 bits per heavy atom. The summed E-state index contributed by atoms with van der Waals surface area (Å²) < 4.78 is 34.7. The van der Waals surface area contributed by atoms with Gasteiger partial charge in [-0.15, -0.1) is 0 Å². The van der Waals surface area contributed by atoms with E-state index in [1.54, 1.807) is 6.07 Å². The predicted molar refractivity (Wildman–Crippen MR) is 127 cm³/mol. The SMILES string of the molecule is CCC(C)C(NS(=O)(=O)c1ccc2c(c1)oc1ccccc12)C(=O)NOCc1ccccc1. The van der Waals surface area contributed by atoms with Gasteiger partial charge in [-0.3, -0.25) is 9.63 Å². The highest BCUT2D eigenvalue weighted by Crippen LogP contribution is 2.30. The van der Waals surface area contributed by atoms with Crippen LogP contribution in [0.3, 0.4) is 0 Å². The van der Waals surface area contributed by atoms with Gasteiger partial charge in [-0.25, -0.2) is 13.9 Å². The first-order chi connectivity index (χ1) is 15.9. The van der Waals surface area contributed by atoms with Gasteiger partial charge in [0.25, 0.3) is 5.91 Å². The van der Waals surface area contributed by atoms with E-state index in [0.717, 1.165) is 16.3 Å². The van der Waals surface area contributed by atoms with Crippen LogP contribution >= 0.6 is 0 Å². The maximum atomic E-state index is 13.1. The molecule has 33 heavy (non-hydrogen) atoms. The first-order valence-corrected chi connectivity index (χ1v) is 12.3. The molecule has 3 aromatic carbocycles. The van der Waals surface area contributed by atoms with Crippen molar-refractivity contribution in [1.82, 2.24) is 10.2 Å². The second-order valence-electron chi connectivity index (χ2n) is 7.98. The number of rotatable bonds is 9. The van der Waals surface area contributed by atoms with E-state index in [4.69, 9.17) is 9.25 Å². The van der Waals surface area contributed by atoms with Crippen LogP contribution in [0.5, 0.6) is 0 Å². The third-order valence-corrected chi connectivity index (χ3v) is 7.13. The number of para-hydroxylation sites is 1. The van der Waals surface area contributed by atoms with Crippen LogP contribution in [0.4, 0.5) is 0 Å². The van der Waals surface area contributed by atoms with E-state index < -0.39 is 22.0 Å². The summed E-state index contributed by atoms with van der Waals surface area (Å²) in [7, 11) is -3.99. The zero-order chi connectivity index (χ0) is 23.4. The Bertz CT molecular complexity index is 1370. The van der Waals surface area contributed by atoms with Crippen molar-refractivity contribution in [2.24, 2.45) is 5.92 Å². The van der Waals surface area contributed by atoms with E-state index in [-0.39, 0.29) is 17.4 Å². The van der Waals surface area contributed by atoms with Crippen LogP contribution in [0.1, 0.15) is 25.8 Å². The average Bonchev–Trinajstić information content (AvgIpc) is 3.20. The molecule has 1 amide bonds. The highest BCUT2D eigenvalue weighted by atomic mass is 32.2. The first kappa shape index (κ1) is 23.0. The summed E-state index contributed by atoms with van der Waals surface area (Å²) in [5, 5.41) is 1.74. The van der Waals surface area contributed by atoms with Gasteiger partial charge in [0.2, 0.25) is 10.0 Å². The second kappa shape index (κ2) is 9.74. The summed E-state index contributed by atoms with van der Waals surface area (Å²) in [4.78, 5) is 18.1. The van der Waals surface area contributed by atoms with Gasteiger partial charge in [0.15, 0.2) is 0 Å². The molecule has 8 heteroatoms. The largest absolute Gasteiger partial charge is 0.456 e. The van der Waals surface area contributed by atoms with E-state index in [0.29, 0.717) is 17.6 Å². The summed E-state index contributed by atoms with van der Waals surface area (Å²) in [5.74, 6) is -0.802. The normalized spacial score (nSPS) is 13.8. The maximum absolute atomic E-state index is 13.1. The molecule has 0 aliphatic carbocycles. The number of benzene rings is 3. The fourth-order valence-electron chi connectivity index (χ4n) is 3.60. The molecular formula is C25H26N2O5S. The molecule has 0 aliphatic heterocycles. The Morgan fingerprint density at radius 3 is 2.42 bits per heavy atom. The lowest BCUT2D eigenvalue weighted by Crippen LogP contribution is -2.50. The van der Waals surface area contributed by atoms with Crippen LogP contribution in [-0.4, -0.2) is 20.4 Å². The summed E-state index contributed by atoms with van der Waals surface area (Å²) in [5.41, 5.74) is 4.42. The van der Waals surface area contributed by atoms with E-state index in [9.17, 15) is 13.2 Å². The van der Waals surface area contributed by atoms with Crippen molar-refractivity contribution in [2.75, 3.05) is 0 Å². The smallest absolute Gasteiger partial charge is 0.261 e. The average molecular weight is 467 g/mol. The highest BCUT2D eigenvalue weighted by molar-refractivity contribution is 7.89. The number of carbonyl (C=O) groups excluding carboxylic acids is 1. The zero-order valence-corrected chi connectivity index (χ0v) is 19.3. The Hall–Kier alpha value is -3.20. The van der Waals surface area contributed by atoms with Gasteiger partial charge in [-0.05, 0) is 29.7 Å². The zero-order valence-electron chi connectivity index (χ0n) is 18.4. The molecule has 0 aliphatic rings. The van der Waals surface area contributed by atoms with Crippen molar-refractivity contribution in [3.8, 4) is 0 Å². The molecule has 2 N–H and O–H groups in total. The van der Waals surface area contributed by atoms with Gasteiger partial charge in [0.1, 0.15) is 17.2 Å². The van der Waals surface area contributed by atoms with Gasteiger partial charge in [0, 0.05) is 16.8 Å². The molecule has 4 aromatic rings. The molecule has 2 atom stereocenters. The van der Waals surface area contributed by atoms with Crippen LogP contribution < -0.4 is 10.2 Å². The van der Waals surface area contributed by atoms with Gasteiger partial charge in [0.05, 0.1) is 11.5 Å². The number of sulfonamides is 1. The number of amides is 1. The number of nitrogens with one attached hydrogen (secondary N) is 2. The van der Waals surface area contributed by atoms with E-state index in [1.165, 1.54) is 12.1 Å². The molecule has 0 radical (unpaired) electrons. The molecule has 0 spiro atoms. The lowest BCUT2D eigenvalue weighted by Gasteiger charge is -2.23. The number of hydrogen-bond donors (Lipinski definition) is 2. The van der Waals surface area contributed by atoms with Crippen molar-refractivity contribution in [2.45, 2.75) is 37.8 Å². The molecule has 4 rings (SSSR count). The molecule has 0 bridgehead atoms. The van der Waals surface area contributed by atoms with Gasteiger partial charge < -0.3 is 4.42 Å². The van der Waals surface area contributed by atoms with Crippen LogP contribution in [0.25, 0.3) is 21.9 Å². The molecule has 1 aromatic heterocycles. The van der Waals surface area contributed by atoms with Crippen molar-refractivity contribution < 1.29 is 22.5 Å². The van der Waals surface area contributed by atoms with Gasteiger partial charge in [-0.2, -0.15) is 4.72 Å². The minimum absolute atomic E-state index is 0.0281. The third kappa shape index (κ3) is 5.08. The Labute approximate surface area is 192 Å². The van der Waals surface area contributed by atoms with Crippen LogP contribution in [0.15, 0.2) is 82.1 Å². The van der Waals surface area contributed by atoms with Gasteiger partial charge >= 0.3 is 0 Å². The van der Waals surface area contributed by atoms with Crippen LogP contribution in [-0.2, 0) is 26.3 Å². The molecule has 0 saturated heterocycles. The first-order valence-electron chi connectivity index (χ1n) is 10.8. The van der Waals surface area contributed by atoms with Crippen molar-refractivity contribution in [1.29, 1.82) is 0 Å². The topological polar surface area (TPSA) is 97.6 Å². The van der Waals surface area contributed by atoms with Crippen molar-refractivity contribution in [3.63, 3.8) is 0 Å². The molecule has 1 heterocycles. The molecule has 172 valence electrons. The Morgan fingerprint density at radius 1 is 0.970 bits per heavy atom. The number of carbonyl (C=O) groups is 1. The molecule has 0 fully saturated rings. The lowest BCUT2D eigenvalue weighted by molar-refractivity contribution is -0.137. The number of fused-ring (bicyclic) bond motifs is 3. The fourth-order valence-corrected chi connectivity index (χ4v) is 4.92. The van der Waals surface area contributed by atoms with E-state index in [1.807, 2.05) is 68.4 Å². The standard InChI is InChI=1S/C25H26N2O5S/c1-3-17(2)24(25(28)26-31-16-18-9-5-4-6-10-18)27-33(29,30)19-13-14-21-20-11-7-8-12-22(20)32-23(21)15-19/h4-15,17,24,27H,3,16H2,1-2H3,(H,26,28). The van der Waals surface area contributed by atoms with Gasteiger partial charge in [-0.1, -0.05) is 68.8 Å². The predicted octanol–water partition coefficient (Wildman–Crippen LogP) is 4.53. The molecular weight excluding hydrogens is 440 g/mol. The minimum atomic E-state index is -3.99. The second-order valence-corrected chi connectivity index (χ2v) is 9.70. The molecule has 0 saturated carbocycles. The summed E-state index contributed by atoms with van der Waals surface area (Å²) in [6, 6.07) is 20.6. The summed E-state index contributed by atoms with van der Waals surface area (Å²) in [6.07, 6.45) is 0.599.